The zero-order valence-corrected chi connectivity index (χ0v) is 16.2. The first-order valence-electron chi connectivity index (χ1n) is 8.85. The van der Waals surface area contributed by atoms with Crippen LogP contribution in [0, 0.1) is 12.3 Å². The molecule has 0 unspecified atom stereocenters. The van der Waals surface area contributed by atoms with E-state index in [1.807, 2.05) is 24.3 Å². The molecule has 0 aliphatic carbocycles. The summed E-state index contributed by atoms with van der Waals surface area (Å²) >= 11 is 0. The van der Waals surface area contributed by atoms with Crippen LogP contribution in [0.4, 0.5) is 22.0 Å². The molecule has 3 N–H and O–H groups in total. The topological polar surface area (TPSA) is 97.4 Å². The number of hydrogen-bond donors (Lipinski definition) is 3. The van der Waals surface area contributed by atoms with Crippen molar-refractivity contribution >= 4 is 34.1 Å². The van der Waals surface area contributed by atoms with E-state index < -0.39 is 0 Å². The summed E-state index contributed by atoms with van der Waals surface area (Å²) in [6.45, 7) is 0.806. The van der Waals surface area contributed by atoms with Crippen LogP contribution in [0.2, 0.25) is 0 Å². The van der Waals surface area contributed by atoms with Gasteiger partial charge in [-0.15, -0.1) is 6.42 Å². The molecule has 2 aromatic carbocycles. The molecule has 0 saturated carbocycles. The number of carbonyl (C=O) groups excluding carboxylic acids is 1. The number of urea groups is 1. The van der Waals surface area contributed by atoms with E-state index in [4.69, 9.17) is 15.9 Å². The monoisotopic (exact) mass is 391 g/mol. The van der Waals surface area contributed by atoms with Crippen molar-refractivity contribution in [3.8, 4) is 18.1 Å². The number of amides is 2. The highest BCUT2D eigenvalue weighted by Crippen LogP contribution is 2.33. The van der Waals surface area contributed by atoms with Crippen LogP contribution in [0.1, 0.15) is 5.56 Å². The highest BCUT2D eigenvalue weighted by atomic mass is 16.5. The van der Waals surface area contributed by atoms with Crippen molar-refractivity contribution in [1.82, 2.24) is 15.3 Å². The Morgan fingerprint density at radius 2 is 2.07 bits per heavy atom. The van der Waals surface area contributed by atoms with Crippen molar-refractivity contribution in [2.24, 2.45) is 0 Å². The third-order valence-electron chi connectivity index (χ3n) is 4.09. The molecule has 0 spiro atoms. The van der Waals surface area contributed by atoms with E-state index in [2.05, 4.69) is 31.8 Å². The summed E-state index contributed by atoms with van der Waals surface area (Å²) in [5.74, 6) is 3.67. The summed E-state index contributed by atoms with van der Waals surface area (Å²) in [6, 6.07) is 10.6. The lowest BCUT2D eigenvalue weighted by Crippen LogP contribution is -2.31. The Morgan fingerprint density at radius 3 is 2.83 bits per heavy atom. The lowest BCUT2D eigenvalue weighted by Gasteiger charge is -2.14. The zero-order chi connectivity index (χ0) is 20.6. The average Bonchev–Trinajstić information content (AvgIpc) is 2.74. The second kappa shape index (κ2) is 9.39. The third-order valence-corrected chi connectivity index (χ3v) is 4.09. The number of nitrogens with one attached hydrogen (secondary N) is 3. The lowest BCUT2D eigenvalue weighted by molar-refractivity contribution is 0.198. The van der Waals surface area contributed by atoms with Crippen LogP contribution in [0.15, 0.2) is 42.7 Å². The van der Waals surface area contributed by atoms with Gasteiger partial charge in [-0.1, -0.05) is 12.0 Å². The number of ether oxygens (including phenoxy) is 2. The summed E-state index contributed by atoms with van der Waals surface area (Å²) in [6.07, 6.45) is 6.93. The molecule has 2 amide bonds. The molecule has 8 heteroatoms. The first-order valence-corrected chi connectivity index (χ1v) is 8.85. The lowest BCUT2D eigenvalue weighted by atomic mass is 10.1. The molecule has 1 heterocycles. The molecule has 0 bridgehead atoms. The number of terminal acetylenes is 1. The van der Waals surface area contributed by atoms with Crippen molar-refractivity contribution in [2.45, 2.75) is 0 Å². The number of nitrogens with zero attached hydrogens (tertiary/aromatic N) is 2. The zero-order valence-electron chi connectivity index (χ0n) is 16.2. The van der Waals surface area contributed by atoms with Crippen LogP contribution < -0.4 is 20.7 Å². The molecular weight excluding hydrogens is 370 g/mol. The second-order valence-corrected chi connectivity index (χ2v) is 6.02. The van der Waals surface area contributed by atoms with Crippen LogP contribution in [-0.4, -0.2) is 43.4 Å². The summed E-state index contributed by atoms with van der Waals surface area (Å²) in [5, 5.41) is 9.45. The minimum atomic E-state index is -0.368. The van der Waals surface area contributed by atoms with Crippen molar-refractivity contribution in [2.75, 3.05) is 38.0 Å². The molecule has 0 saturated heterocycles. The number of carbonyl (C=O) groups is 1. The van der Waals surface area contributed by atoms with E-state index >= 15 is 0 Å². The van der Waals surface area contributed by atoms with Gasteiger partial charge in [0.05, 0.1) is 24.9 Å². The van der Waals surface area contributed by atoms with Gasteiger partial charge in [-0.2, -0.15) is 0 Å². The molecule has 0 aliphatic heterocycles. The van der Waals surface area contributed by atoms with E-state index in [1.54, 1.807) is 19.2 Å². The number of hydrogen-bond acceptors (Lipinski definition) is 6. The molecule has 29 heavy (non-hydrogen) atoms. The summed E-state index contributed by atoms with van der Waals surface area (Å²) in [7, 11) is 3.10. The Balaban J connectivity index is 1.93. The highest BCUT2D eigenvalue weighted by molar-refractivity contribution is 5.99. The number of benzene rings is 2. The van der Waals surface area contributed by atoms with Crippen molar-refractivity contribution in [3.05, 3.63) is 48.3 Å². The average molecular weight is 391 g/mol. The maximum absolute atomic E-state index is 12.1. The number of methoxy groups -OCH3 is 2. The predicted molar refractivity (Wildman–Crippen MR) is 113 cm³/mol. The molecule has 148 valence electrons. The van der Waals surface area contributed by atoms with Crippen molar-refractivity contribution in [1.29, 1.82) is 0 Å². The quantitative estimate of drug-likeness (QED) is 0.423. The molecular formula is C21H21N5O3. The fraction of sp³-hybridized carbons (Fsp3) is 0.190. The van der Waals surface area contributed by atoms with Gasteiger partial charge in [0.1, 0.15) is 17.9 Å². The molecule has 3 rings (SSSR count). The maximum atomic E-state index is 12.1. The second-order valence-electron chi connectivity index (χ2n) is 6.02. The van der Waals surface area contributed by atoms with Gasteiger partial charge in [-0.3, -0.25) is 0 Å². The molecule has 0 atom stereocenters. The molecule has 0 radical (unpaired) electrons. The van der Waals surface area contributed by atoms with Crippen LogP contribution in [0.5, 0.6) is 5.75 Å². The molecule has 0 fully saturated rings. The fourth-order valence-electron chi connectivity index (χ4n) is 2.71. The van der Waals surface area contributed by atoms with Gasteiger partial charge in [0.2, 0.25) is 0 Å². The first-order chi connectivity index (χ1) is 14.1. The minimum Gasteiger partial charge on any atom is -0.494 e. The van der Waals surface area contributed by atoms with Gasteiger partial charge in [0, 0.05) is 36.4 Å². The summed E-state index contributed by atoms with van der Waals surface area (Å²) < 4.78 is 10.3. The standard InChI is InChI=1S/C21H21N5O3/c1-4-14-6-5-7-15(10-14)25-20-16-11-18(26-21(27)22-8-9-28-2)19(29-3)12-17(16)23-13-24-20/h1,5-7,10-13H,8-9H2,2-3H3,(H2,22,26,27)(H,23,24,25). The maximum Gasteiger partial charge on any atom is 0.319 e. The van der Waals surface area contributed by atoms with Gasteiger partial charge in [-0.05, 0) is 24.3 Å². The predicted octanol–water partition coefficient (Wildman–Crippen LogP) is 3.13. The number of rotatable bonds is 7. The first kappa shape index (κ1) is 19.9. The van der Waals surface area contributed by atoms with Gasteiger partial charge >= 0.3 is 6.03 Å². The van der Waals surface area contributed by atoms with E-state index in [-0.39, 0.29) is 6.03 Å². The number of fused-ring (bicyclic) bond motifs is 1. The Morgan fingerprint density at radius 1 is 1.21 bits per heavy atom. The third kappa shape index (κ3) is 4.91. The van der Waals surface area contributed by atoms with Gasteiger partial charge in [-0.25, -0.2) is 14.8 Å². The number of anilines is 3. The van der Waals surface area contributed by atoms with Crippen LogP contribution in [-0.2, 0) is 4.74 Å². The van der Waals surface area contributed by atoms with Crippen LogP contribution >= 0.6 is 0 Å². The normalized spacial score (nSPS) is 10.2. The van der Waals surface area contributed by atoms with Gasteiger partial charge < -0.3 is 25.4 Å². The molecule has 3 aromatic rings. The van der Waals surface area contributed by atoms with Crippen LogP contribution in [0.25, 0.3) is 10.9 Å². The van der Waals surface area contributed by atoms with E-state index in [9.17, 15) is 4.79 Å². The van der Waals surface area contributed by atoms with Gasteiger partial charge in [0.15, 0.2) is 0 Å². The Labute approximate surface area is 168 Å². The Kier molecular flexibility index (Phi) is 6.45. The molecule has 8 nitrogen and oxygen atoms in total. The number of aromatic nitrogens is 2. The summed E-state index contributed by atoms with van der Waals surface area (Å²) in [4.78, 5) is 20.8. The van der Waals surface area contributed by atoms with Gasteiger partial charge in [0.25, 0.3) is 0 Å². The minimum absolute atomic E-state index is 0.368. The summed E-state index contributed by atoms with van der Waals surface area (Å²) in [5.41, 5.74) is 2.70. The highest BCUT2D eigenvalue weighted by Gasteiger charge is 2.13. The molecule has 1 aromatic heterocycles. The largest absolute Gasteiger partial charge is 0.494 e. The van der Waals surface area contributed by atoms with Crippen molar-refractivity contribution in [3.63, 3.8) is 0 Å². The van der Waals surface area contributed by atoms with E-state index in [0.29, 0.717) is 41.3 Å². The van der Waals surface area contributed by atoms with E-state index in [0.717, 1.165) is 11.3 Å². The SMILES string of the molecule is C#Cc1cccc(Nc2ncnc3cc(OC)c(NC(=O)NCCOC)cc23)c1. The smallest absolute Gasteiger partial charge is 0.319 e. The van der Waals surface area contributed by atoms with E-state index in [1.165, 1.54) is 13.4 Å². The van der Waals surface area contributed by atoms with Crippen LogP contribution in [0.3, 0.4) is 0 Å². The van der Waals surface area contributed by atoms with Crippen molar-refractivity contribution < 1.29 is 14.3 Å². The fourth-order valence-corrected chi connectivity index (χ4v) is 2.71. The Bertz CT molecular complexity index is 1060. The molecule has 0 aliphatic rings. The Hall–Kier alpha value is -3.83.